The van der Waals surface area contributed by atoms with E-state index >= 15 is 0 Å². The molecule has 0 atom stereocenters. The second kappa shape index (κ2) is 6.13. The zero-order valence-corrected chi connectivity index (χ0v) is 9.94. The van der Waals surface area contributed by atoms with Crippen molar-refractivity contribution in [1.82, 2.24) is 4.98 Å². The Hall–Kier alpha value is -1.92. The standard InChI is InChI=1S/C11H13F2NO4/c1-3-18-8(16)4-6-9(10(12)13)7(15)5-14-11(6)17-2/h5,10,15H,3-4H2,1-2H3. The number of hydrogen-bond acceptors (Lipinski definition) is 5. The number of nitrogens with zero attached hydrogens (tertiary/aromatic N) is 1. The number of carbonyl (C=O) groups is 1. The number of methoxy groups -OCH3 is 1. The van der Waals surface area contributed by atoms with Gasteiger partial charge in [-0.2, -0.15) is 0 Å². The van der Waals surface area contributed by atoms with Crippen LogP contribution >= 0.6 is 0 Å². The molecule has 0 radical (unpaired) electrons. The number of aromatic hydroxyl groups is 1. The molecule has 0 saturated carbocycles. The Morgan fingerprint density at radius 3 is 2.72 bits per heavy atom. The van der Waals surface area contributed by atoms with E-state index in [2.05, 4.69) is 9.72 Å². The van der Waals surface area contributed by atoms with Crippen LogP contribution in [-0.4, -0.2) is 29.8 Å². The van der Waals surface area contributed by atoms with Crippen LogP contribution in [0.1, 0.15) is 24.5 Å². The highest BCUT2D eigenvalue weighted by Crippen LogP contribution is 2.35. The topological polar surface area (TPSA) is 68.7 Å². The average molecular weight is 261 g/mol. The Kier molecular flexibility index (Phi) is 4.82. The van der Waals surface area contributed by atoms with Crippen LogP contribution in [0.25, 0.3) is 0 Å². The van der Waals surface area contributed by atoms with Crippen molar-refractivity contribution in [3.8, 4) is 11.6 Å². The summed E-state index contributed by atoms with van der Waals surface area (Å²) in [5.74, 6) is -1.49. The maximum atomic E-state index is 12.8. The first-order valence-corrected chi connectivity index (χ1v) is 5.19. The maximum absolute atomic E-state index is 12.8. The minimum Gasteiger partial charge on any atom is -0.506 e. The number of hydrogen-bond donors (Lipinski definition) is 1. The van der Waals surface area contributed by atoms with Crippen LogP contribution in [0.3, 0.4) is 0 Å². The second-order valence-electron chi connectivity index (χ2n) is 3.33. The van der Waals surface area contributed by atoms with Gasteiger partial charge in [0.25, 0.3) is 6.43 Å². The number of aromatic nitrogens is 1. The number of rotatable bonds is 5. The van der Waals surface area contributed by atoms with E-state index in [0.717, 1.165) is 6.20 Å². The summed E-state index contributed by atoms with van der Waals surface area (Å²) in [6, 6.07) is 0. The summed E-state index contributed by atoms with van der Waals surface area (Å²) in [5.41, 5.74) is -0.819. The van der Waals surface area contributed by atoms with Gasteiger partial charge in [0.1, 0.15) is 5.75 Å². The number of carbonyl (C=O) groups excluding carboxylic acids is 1. The molecule has 0 fully saturated rings. The third-order valence-corrected chi connectivity index (χ3v) is 2.20. The zero-order chi connectivity index (χ0) is 13.7. The van der Waals surface area contributed by atoms with Crippen LogP contribution in [-0.2, 0) is 16.0 Å². The third kappa shape index (κ3) is 3.06. The van der Waals surface area contributed by atoms with Crippen LogP contribution in [0, 0.1) is 0 Å². The lowest BCUT2D eigenvalue weighted by molar-refractivity contribution is -0.142. The second-order valence-corrected chi connectivity index (χ2v) is 3.33. The van der Waals surface area contributed by atoms with Gasteiger partial charge in [-0.3, -0.25) is 4.79 Å². The molecule has 0 aliphatic heterocycles. The van der Waals surface area contributed by atoms with Gasteiger partial charge in [0.2, 0.25) is 5.88 Å². The molecule has 100 valence electrons. The molecule has 7 heteroatoms. The van der Waals surface area contributed by atoms with Gasteiger partial charge in [-0.05, 0) is 6.92 Å². The number of pyridine rings is 1. The molecule has 0 spiro atoms. The van der Waals surface area contributed by atoms with Gasteiger partial charge in [-0.15, -0.1) is 0 Å². The lowest BCUT2D eigenvalue weighted by Gasteiger charge is -2.13. The largest absolute Gasteiger partial charge is 0.506 e. The molecule has 0 amide bonds. The molecule has 1 aromatic heterocycles. The van der Waals surface area contributed by atoms with Gasteiger partial charge in [0.05, 0.1) is 31.9 Å². The van der Waals surface area contributed by atoms with E-state index in [0.29, 0.717) is 0 Å². The van der Waals surface area contributed by atoms with E-state index in [1.54, 1.807) is 6.92 Å². The number of alkyl halides is 2. The number of halogens is 2. The summed E-state index contributed by atoms with van der Waals surface area (Å²) in [6.45, 7) is 1.74. The molecule has 1 heterocycles. The van der Waals surface area contributed by atoms with Gasteiger partial charge in [0, 0.05) is 5.56 Å². The molecule has 0 aliphatic carbocycles. The summed E-state index contributed by atoms with van der Waals surface area (Å²) >= 11 is 0. The van der Waals surface area contributed by atoms with E-state index in [4.69, 9.17) is 4.74 Å². The van der Waals surface area contributed by atoms with E-state index in [9.17, 15) is 18.7 Å². The highest BCUT2D eigenvalue weighted by molar-refractivity contribution is 5.74. The van der Waals surface area contributed by atoms with Crippen LogP contribution in [0.5, 0.6) is 11.6 Å². The van der Waals surface area contributed by atoms with Crippen molar-refractivity contribution < 1.29 is 28.2 Å². The van der Waals surface area contributed by atoms with Crippen LogP contribution < -0.4 is 4.74 Å². The fraction of sp³-hybridized carbons (Fsp3) is 0.455. The molecular weight excluding hydrogens is 248 g/mol. The SMILES string of the molecule is CCOC(=O)Cc1c(OC)ncc(O)c1C(F)F. The first kappa shape index (κ1) is 14.1. The monoisotopic (exact) mass is 261 g/mol. The molecule has 18 heavy (non-hydrogen) atoms. The quantitative estimate of drug-likeness (QED) is 0.819. The van der Waals surface area contributed by atoms with Crippen LogP contribution in [0.15, 0.2) is 6.20 Å². The van der Waals surface area contributed by atoms with E-state index in [1.807, 2.05) is 0 Å². The van der Waals surface area contributed by atoms with E-state index in [-0.39, 0.29) is 18.1 Å². The molecule has 0 bridgehead atoms. The number of esters is 1. The zero-order valence-electron chi connectivity index (χ0n) is 9.94. The highest BCUT2D eigenvalue weighted by atomic mass is 19.3. The maximum Gasteiger partial charge on any atom is 0.310 e. The smallest absolute Gasteiger partial charge is 0.310 e. The van der Waals surface area contributed by atoms with E-state index in [1.165, 1.54) is 7.11 Å². The molecule has 1 N–H and O–H groups in total. The van der Waals surface area contributed by atoms with Crippen molar-refractivity contribution in [2.24, 2.45) is 0 Å². The van der Waals surface area contributed by atoms with Crippen molar-refractivity contribution in [3.63, 3.8) is 0 Å². The summed E-state index contributed by atoms with van der Waals surface area (Å²) < 4.78 is 35.2. The van der Waals surface area contributed by atoms with Crippen molar-refractivity contribution in [2.45, 2.75) is 19.8 Å². The molecule has 1 rings (SSSR count). The Labute approximate surface area is 102 Å². The Morgan fingerprint density at radius 1 is 1.56 bits per heavy atom. The predicted octanol–water partition coefficient (Wildman–Crippen LogP) is 1.84. The van der Waals surface area contributed by atoms with Gasteiger partial charge >= 0.3 is 5.97 Å². The summed E-state index contributed by atoms with van der Waals surface area (Å²) in [5, 5.41) is 9.37. The first-order valence-electron chi connectivity index (χ1n) is 5.19. The van der Waals surface area contributed by atoms with Crippen LogP contribution in [0.2, 0.25) is 0 Å². The molecule has 0 saturated heterocycles. The molecule has 1 aromatic rings. The van der Waals surface area contributed by atoms with Gasteiger partial charge in [0.15, 0.2) is 0 Å². The van der Waals surface area contributed by atoms with Crippen LogP contribution in [0.4, 0.5) is 8.78 Å². The molecule has 0 unspecified atom stereocenters. The summed E-state index contributed by atoms with van der Waals surface area (Å²) in [6.07, 6.45) is -2.51. The average Bonchev–Trinajstić information content (AvgIpc) is 2.29. The van der Waals surface area contributed by atoms with Crippen molar-refractivity contribution in [2.75, 3.05) is 13.7 Å². The molecule has 0 aromatic carbocycles. The molecular formula is C11H13F2NO4. The summed E-state index contributed by atoms with van der Waals surface area (Å²) in [7, 11) is 1.24. The fourth-order valence-corrected chi connectivity index (χ4v) is 1.48. The normalized spacial score (nSPS) is 10.5. The summed E-state index contributed by atoms with van der Waals surface area (Å²) in [4.78, 5) is 15.0. The Balaban J connectivity index is 3.19. The number of ether oxygens (including phenoxy) is 2. The van der Waals surface area contributed by atoms with Gasteiger partial charge < -0.3 is 14.6 Å². The van der Waals surface area contributed by atoms with Gasteiger partial charge in [-0.25, -0.2) is 13.8 Å². The lowest BCUT2D eigenvalue weighted by atomic mass is 10.1. The highest BCUT2D eigenvalue weighted by Gasteiger charge is 2.24. The Morgan fingerprint density at radius 2 is 2.22 bits per heavy atom. The van der Waals surface area contributed by atoms with Gasteiger partial charge in [-0.1, -0.05) is 0 Å². The molecule has 0 aliphatic rings. The van der Waals surface area contributed by atoms with Crippen molar-refractivity contribution >= 4 is 5.97 Å². The minimum absolute atomic E-state index is 0.129. The van der Waals surface area contributed by atoms with Crippen molar-refractivity contribution in [3.05, 3.63) is 17.3 Å². The first-order chi connectivity index (χ1) is 8.51. The minimum atomic E-state index is -2.94. The third-order valence-electron chi connectivity index (χ3n) is 2.20. The van der Waals surface area contributed by atoms with E-state index < -0.39 is 30.1 Å². The lowest BCUT2D eigenvalue weighted by Crippen LogP contribution is -2.11. The molecule has 5 nitrogen and oxygen atoms in total. The fourth-order valence-electron chi connectivity index (χ4n) is 1.48. The Bertz CT molecular complexity index is 437. The van der Waals surface area contributed by atoms with Crippen molar-refractivity contribution in [1.29, 1.82) is 0 Å². The predicted molar refractivity (Wildman–Crippen MR) is 57.7 cm³/mol.